The third-order valence-corrected chi connectivity index (χ3v) is 10.5. The Labute approximate surface area is 398 Å². The fourth-order valence-corrected chi connectivity index (χ4v) is 6.65. The van der Waals surface area contributed by atoms with E-state index in [4.69, 9.17) is 33.0 Å². The Morgan fingerprint density at radius 1 is 0.424 bits per heavy atom. The topological polar surface area (TPSA) is 258 Å². The molecule has 0 aliphatic carbocycles. The Morgan fingerprint density at radius 3 is 1.15 bits per heavy atom. The first-order chi connectivity index (χ1) is 32.3. The van der Waals surface area contributed by atoms with Gasteiger partial charge in [0.1, 0.15) is 6.04 Å². The van der Waals surface area contributed by atoms with Crippen molar-refractivity contribution in [3.05, 3.63) is 0 Å². The highest BCUT2D eigenvalue weighted by atomic mass is 32.2. The predicted molar refractivity (Wildman–Crippen MR) is 254 cm³/mol. The van der Waals surface area contributed by atoms with Gasteiger partial charge in [0.15, 0.2) is 0 Å². The Bertz CT molecular complexity index is 1180. The Balaban J connectivity index is 3.54. The monoisotopic (exact) mass is 966 g/mol. The van der Waals surface area contributed by atoms with Gasteiger partial charge in [-0.2, -0.15) is 0 Å². The highest BCUT2D eigenvalue weighted by Crippen LogP contribution is 2.14. The van der Waals surface area contributed by atoms with Gasteiger partial charge in [0.2, 0.25) is 30.0 Å². The standard InChI is InChI=1S/C46H87N5O14S/c52-40-47-23-14-27-60-31-35-64-36-32-62-29-16-25-49-43(54)21-22-44(55)50-26-17-30-63-34-38-65-37-33-61-28-15-24-48-42(53)20-19-41(46(57)58)51-45(56)18-12-10-8-6-4-2-1-3-5-7-9-11-13-39-66-59/h40-41,59H,1-39H2,(H,47,52)(H,48,53)(H,49,54)(H,50,55)(H,51,56)(H,57,58). The van der Waals surface area contributed by atoms with E-state index in [0.29, 0.717) is 131 Å². The largest absolute Gasteiger partial charge is 0.480 e. The van der Waals surface area contributed by atoms with Crippen molar-refractivity contribution in [1.29, 1.82) is 0 Å². The molecule has 0 radical (unpaired) electrons. The maximum Gasteiger partial charge on any atom is 0.326 e. The van der Waals surface area contributed by atoms with E-state index in [1.165, 1.54) is 51.4 Å². The molecule has 1 atom stereocenters. The summed E-state index contributed by atoms with van der Waals surface area (Å²) in [5.74, 6) is -1.27. The van der Waals surface area contributed by atoms with Gasteiger partial charge >= 0.3 is 5.97 Å². The van der Waals surface area contributed by atoms with Crippen molar-refractivity contribution in [2.75, 3.05) is 111 Å². The van der Waals surface area contributed by atoms with Crippen molar-refractivity contribution in [3.63, 3.8) is 0 Å². The fourth-order valence-electron chi connectivity index (χ4n) is 6.31. The molecule has 0 saturated carbocycles. The van der Waals surface area contributed by atoms with Gasteiger partial charge in [0, 0.05) is 84.0 Å². The van der Waals surface area contributed by atoms with E-state index in [1.807, 2.05) is 0 Å². The van der Waals surface area contributed by atoms with Crippen LogP contribution >= 0.6 is 12.0 Å². The van der Waals surface area contributed by atoms with E-state index in [1.54, 1.807) is 0 Å². The normalized spacial score (nSPS) is 11.5. The lowest BCUT2D eigenvalue weighted by Gasteiger charge is -2.14. The zero-order chi connectivity index (χ0) is 48.2. The summed E-state index contributed by atoms with van der Waals surface area (Å²) >= 11 is 0.930. The van der Waals surface area contributed by atoms with E-state index in [9.17, 15) is 33.9 Å². The first kappa shape index (κ1) is 62.9. The Hall–Kier alpha value is -3.11. The number of unbranched alkanes of at least 4 members (excludes halogenated alkanes) is 12. The predicted octanol–water partition coefficient (Wildman–Crippen LogP) is 4.54. The number of carboxylic acids is 1. The van der Waals surface area contributed by atoms with Crippen LogP contribution in [0.25, 0.3) is 0 Å². The number of carbonyl (C=O) groups excluding carboxylic acids is 5. The van der Waals surface area contributed by atoms with Gasteiger partial charge in [-0.3, -0.25) is 24.0 Å². The smallest absolute Gasteiger partial charge is 0.326 e. The molecule has 5 amide bonds. The molecule has 0 heterocycles. The van der Waals surface area contributed by atoms with Crippen LogP contribution in [0.4, 0.5) is 0 Å². The number of amides is 5. The minimum atomic E-state index is -1.15. The van der Waals surface area contributed by atoms with Crippen molar-refractivity contribution < 1.29 is 66.8 Å². The number of hydrogen-bond acceptors (Lipinski definition) is 14. The van der Waals surface area contributed by atoms with Crippen molar-refractivity contribution in [3.8, 4) is 0 Å². The molecule has 0 spiro atoms. The van der Waals surface area contributed by atoms with Gasteiger partial charge < -0.3 is 64.7 Å². The summed E-state index contributed by atoms with van der Waals surface area (Å²) in [6, 6.07) is -1.10. The van der Waals surface area contributed by atoms with Crippen LogP contribution in [-0.2, 0) is 57.2 Å². The molecule has 0 fully saturated rings. The fraction of sp³-hybridized carbons (Fsp3) is 0.870. The SMILES string of the molecule is O=CNCCCOCCOCCOCCCNC(=O)CCC(=O)NCCCOCCOCCOCCCNC(=O)CCC(NC(=O)CCCCCCCCCCCCCCCSO)C(=O)O. The van der Waals surface area contributed by atoms with Crippen LogP contribution in [0.1, 0.15) is 141 Å². The van der Waals surface area contributed by atoms with Gasteiger partial charge in [-0.05, 0) is 57.0 Å². The van der Waals surface area contributed by atoms with Crippen LogP contribution < -0.4 is 26.6 Å². The lowest BCUT2D eigenvalue weighted by atomic mass is 10.0. The van der Waals surface area contributed by atoms with E-state index >= 15 is 0 Å². The second-order valence-corrected chi connectivity index (χ2v) is 16.6. The van der Waals surface area contributed by atoms with Crippen molar-refractivity contribution in [1.82, 2.24) is 26.6 Å². The van der Waals surface area contributed by atoms with Crippen LogP contribution in [0.3, 0.4) is 0 Å². The zero-order valence-electron chi connectivity index (χ0n) is 39.9. The first-order valence-corrected chi connectivity index (χ1v) is 25.5. The van der Waals surface area contributed by atoms with Crippen LogP contribution in [0.5, 0.6) is 0 Å². The minimum absolute atomic E-state index is 0.00569. The maximum atomic E-state index is 12.3. The quantitative estimate of drug-likeness (QED) is 0.0251. The van der Waals surface area contributed by atoms with Crippen molar-refractivity contribution in [2.24, 2.45) is 0 Å². The van der Waals surface area contributed by atoms with Gasteiger partial charge in [-0.1, -0.05) is 70.6 Å². The summed E-state index contributed by atoms with van der Waals surface area (Å²) in [6.07, 6.45) is 18.7. The van der Waals surface area contributed by atoms with Crippen LogP contribution in [0.2, 0.25) is 0 Å². The third kappa shape index (κ3) is 48.8. The summed E-state index contributed by atoms with van der Waals surface area (Å²) < 4.78 is 41.5. The first-order valence-electron chi connectivity index (χ1n) is 24.5. The molecule has 386 valence electrons. The molecule has 0 aliphatic heterocycles. The van der Waals surface area contributed by atoms with Gasteiger partial charge in [-0.25, -0.2) is 4.79 Å². The number of ether oxygens (including phenoxy) is 6. The van der Waals surface area contributed by atoms with E-state index < -0.39 is 12.0 Å². The lowest BCUT2D eigenvalue weighted by molar-refractivity contribution is -0.142. The van der Waals surface area contributed by atoms with Crippen LogP contribution in [0.15, 0.2) is 0 Å². The molecule has 66 heavy (non-hydrogen) atoms. The maximum absolute atomic E-state index is 12.3. The zero-order valence-corrected chi connectivity index (χ0v) is 40.8. The molecular formula is C46H87N5O14S. The molecule has 20 heteroatoms. The van der Waals surface area contributed by atoms with Crippen molar-refractivity contribution >= 4 is 48.1 Å². The molecule has 1 unspecified atom stereocenters. The summed E-state index contributed by atoms with van der Waals surface area (Å²) in [5.41, 5.74) is 0. The summed E-state index contributed by atoms with van der Waals surface area (Å²) in [4.78, 5) is 70.4. The molecule has 0 aliphatic rings. The molecular weight excluding hydrogens is 879 g/mol. The van der Waals surface area contributed by atoms with Gasteiger partial charge in [0.25, 0.3) is 0 Å². The number of carbonyl (C=O) groups is 6. The van der Waals surface area contributed by atoms with Crippen LogP contribution in [0, 0.1) is 0 Å². The van der Waals surface area contributed by atoms with Gasteiger partial charge in [0.05, 0.1) is 52.9 Å². The second kappa shape index (κ2) is 51.3. The molecule has 0 aromatic heterocycles. The lowest BCUT2D eigenvalue weighted by Crippen LogP contribution is -2.41. The number of rotatable bonds is 53. The van der Waals surface area contributed by atoms with E-state index in [-0.39, 0.29) is 55.7 Å². The molecule has 0 aromatic rings. The van der Waals surface area contributed by atoms with E-state index in [2.05, 4.69) is 26.6 Å². The Morgan fingerprint density at radius 2 is 0.773 bits per heavy atom. The number of carboxylic acid groups (broad SMARTS) is 1. The van der Waals surface area contributed by atoms with E-state index in [0.717, 1.165) is 56.3 Å². The number of hydrogen-bond donors (Lipinski definition) is 7. The molecule has 7 N–H and O–H groups in total. The number of nitrogens with one attached hydrogen (secondary N) is 5. The Kier molecular flexibility index (Phi) is 48.9. The molecule has 0 saturated heterocycles. The third-order valence-electron chi connectivity index (χ3n) is 10.1. The molecule has 19 nitrogen and oxygen atoms in total. The second-order valence-electron chi connectivity index (χ2n) is 15.9. The van der Waals surface area contributed by atoms with Crippen molar-refractivity contribution in [2.45, 2.75) is 147 Å². The van der Waals surface area contributed by atoms with Crippen LogP contribution in [-0.4, -0.2) is 163 Å². The molecule has 0 bridgehead atoms. The average molecular weight is 966 g/mol. The summed E-state index contributed by atoms with van der Waals surface area (Å²) in [5, 5.41) is 23.0. The highest BCUT2D eigenvalue weighted by molar-refractivity contribution is 7.93. The average Bonchev–Trinajstić information content (AvgIpc) is 3.30. The minimum Gasteiger partial charge on any atom is -0.480 e. The summed E-state index contributed by atoms with van der Waals surface area (Å²) in [7, 11) is 0. The number of aliphatic carboxylic acids is 1. The van der Waals surface area contributed by atoms with Gasteiger partial charge in [-0.15, -0.1) is 0 Å². The molecule has 0 aromatic carbocycles. The highest BCUT2D eigenvalue weighted by Gasteiger charge is 2.20. The molecule has 0 rings (SSSR count). The summed E-state index contributed by atoms with van der Waals surface area (Å²) in [6.45, 7) is 7.26.